The van der Waals surface area contributed by atoms with Crippen LogP contribution < -0.4 is 11.1 Å². The van der Waals surface area contributed by atoms with Gasteiger partial charge in [-0.25, -0.2) is 18.4 Å². The smallest absolute Gasteiger partial charge is 0.277 e. The largest absolute Gasteiger partial charge is 0.346 e. The van der Waals surface area contributed by atoms with Crippen LogP contribution in [-0.4, -0.2) is 39.7 Å². The Hall–Kier alpha value is -1.51. The van der Waals surface area contributed by atoms with E-state index >= 15 is 0 Å². The van der Waals surface area contributed by atoms with Crippen LogP contribution in [-0.2, 0) is 0 Å². The first-order valence-corrected chi connectivity index (χ1v) is 6.96. The highest BCUT2D eigenvalue weighted by Gasteiger charge is 2.28. The van der Waals surface area contributed by atoms with E-state index in [4.69, 9.17) is 5.73 Å². The molecule has 0 fully saturated rings. The fourth-order valence-electron chi connectivity index (χ4n) is 2.09. The summed E-state index contributed by atoms with van der Waals surface area (Å²) in [5.74, 6) is -3.72. The van der Waals surface area contributed by atoms with E-state index in [1.165, 1.54) is 6.20 Å². The lowest BCUT2D eigenvalue weighted by Crippen LogP contribution is -2.41. The van der Waals surface area contributed by atoms with Gasteiger partial charge in [-0.15, -0.1) is 24.8 Å². The lowest BCUT2D eigenvalue weighted by molar-refractivity contribution is 0.0119. The maximum atomic E-state index is 13.2. The number of aryl methyl sites for hydroxylation is 1. The summed E-state index contributed by atoms with van der Waals surface area (Å²) in [6.45, 7) is 4.01. The second-order valence-corrected chi connectivity index (χ2v) is 5.47. The van der Waals surface area contributed by atoms with E-state index < -0.39 is 24.9 Å². The van der Waals surface area contributed by atoms with Gasteiger partial charge in [0.1, 0.15) is 0 Å². The number of carbonyl (C=O) groups is 1. The van der Waals surface area contributed by atoms with Crippen molar-refractivity contribution in [2.24, 2.45) is 5.73 Å². The second-order valence-electron chi connectivity index (χ2n) is 5.47. The van der Waals surface area contributed by atoms with E-state index in [2.05, 4.69) is 15.4 Å². The van der Waals surface area contributed by atoms with Gasteiger partial charge in [0, 0.05) is 11.7 Å². The van der Waals surface area contributed by atoms with Crippen LogP contribution in [0.2, 0.25) is 0 Å². The molecule has 2 aromatic rings. The van der Waals surface area contributed by atoms with Gasteiger partial charge in [0.2, 0.25) is 0 Å². The maximum absolute atomic E-state index is 13.2. The van der Waals surface area contributed by atoms with E-state index in [0.29, 0.717) is 16.7 Å². The van der Waals surface area contributed by atoms with Crippen LogP contribution in [0.5, 0.6) is 0 Å². The summed E-state index contributed by atoms with van der Waals surface area (Å²) in [4.78, 5) is 16.6. The molecule has 0 atom stereocenters. The van der Waals surface area contributed by atoms with E-state index in [1.807, 2.05) is 13.8 Å². The fourth-order valence-corrected chi connectivity index (χ4v) is 2.09. The Bertz CT molecular complexity index is 706. The predicted molar refractivity (Wildman–Crippen MR) is 93.5 cm³/mol. The summed E-state index contributed by atoms with van der Waals surface area (Å²) in [7, 11) is 0. The number of aromatic nitrogens is 3. The summed E-state index contributed by atoms with van der Waals surface area (Å²) in [6.07, 6.45) is 1.53. The molecule has 0 aliphatic heterocycles. The van der Waals surface area contributed by atoms with Crippen LogP contribution in [0.15, 0.2) is 12.3 Å². The van der Waals surface area contributed by atoms with Gasteiger partial charge in [0.15, 0.2) is 5.65 Å². The van der Waals surface area contributed by atoms with Gasteiger partial charge in [-0.2, -0.15) is 5.10 Å². The molecule has 10 heteroatoms. The summed E-state index contributed by atoms with van der Waals surface area (Å²) >= 11 is 0. The van der Waals surface area contributed by atoms with Gasteiger partial charge >= 0.3 is 0 Å². The molecular weight excluding hydrogens is 363 g/mol. The number of pyridine rings is 1. The van der Waals surface area contributed by atoms with Gasteiger partial charge in [0.05, 0.1) is 30.2 Å². The topological polar surface area (TPSA) is 85.8 Å². The molecule has 0 radical (unpaired) electrons. The normalized spacial score (nSPS) is 11.1. The second kappa shape index (κ2) is 8.55. The fraction of sp³-hybridized carbons (Fsp3) is 0.500. The average molecular weight is 384 g/mol. The van der Waals surface area contributed by atoms with Gasteiger partial charge in [0.25, 0.3) is 11.8 Å². The molecular formula is C14H21Cl2F2N5O. The number of rotatable bonds is 5. The molecule has 24 heavy (non-hydrogen) atoms. The highest BCUT2D eigenvalue weighted by molar-refractivity contribution is 6.05. The zero-order chi connectivity index (χ0) is 16.5. The van der Waals surface area contributed by atoms with Gasteiger partial charge in [-0.05, 0) is 26.8 Å². The van der Waals surface area contributed by atoms with E-state index in [9.17, 15) is 13.6 Å². The van der Waals surface area contributed by atoms with Crippen molar-refractivity contribution in [2.45, 2.75) is 32.7 Å². The maximum Gasteiger partial charge on any atom is 0.277 e. The van der Waals surface area contributed by atoms with Crippen molar-refractivity contribution in [3.8, 4) is 0 Å². The third kappa shape index (κ3) is 4.75. The quantitative estimate of drug-likeness (QED) is 0.830. The van der Waals surface area contributed by atoms with Gasteiger partial charge in [-0.1, -0.05) is 0 Å². The van der Waals surface area contributed by atoms with Crippen LogP contribution in [0, 0.1) is 6.92 Å². The molecule has 0 saturated carbocycles. The molecule has 0 saturated heterocycles. The number of hydrogen-bond acceptors (Lipinski definition) is 4. The average Bonchev–Trinajstić information content (AvgIpc) is 2.87. The van der Waals surface area contributed by atoms with Crippen molar-refractivity contribution in [3.05, 3.63) is 23.5 Å². The first-order chi connectivity index (χ1) is 10.2. The zero-order valence-electron chi connectivity index (χ0n) is 13.5. The summed E-state index contributed by atoms with van der Waals surface area (Å²) in [5, 5.41) is 6.96. The number of nitrogens with two attached hydrogens (primary N) is 1. The number of nitrogens with one attached hydrogen (secondary N) is 1. The SMILES string of the molecule is Cc1cc(C(=O)NCC(F)(F)CN)c2cnn(C(C)C)c2n1.Cl.Cl. The molecule has 2 aromatic heterocycles. The number of halogens is 4. The molecule has 0 aliphatic rings. The van der Waals surface area contributed by atoms with Crippen LogP contribution in [0.25, 0.3) is 11.0 Å². The van der Waals surface area contributed by atoms with Crippen LogP contribution >= 0.6 is 24.8 Å². The number of nitrogens with zero attached hydrogens (tertiary/aromatic N) is 3. The third-order valence-corrected chi connectivity index (χ3v) is 3.23. The number of fused-ring (bicyclic) bond motifs is 1. The molecule has 0 unspecified atom stereocenters. The standard InChI is InChI=1S/C14H19F2N5O.2ClH/c1-8(2)21-12-11(5-19-21)10(4-9(3)20-12)13(22)18-7-14(15,16)6-17;;/h4-5,8H,6-7,17H2,1-3H3,(H,18,22);2*1H. The Balaban J connectivity index is 0.00000264. The van der Waals surface area contributed by atoms with Gasteiger partial charge in [-0.3, -0.25) is 4.79 Å². The Morgan fingerprint density at radius 1 is 1.42 bits per heavy atom. The molecule has 0 bridgehead atoms. The predicted octanol–water partition coefficient (Wildman–Crippen LogP) is 2.49. The molecule has 0 spiro atoms. The summed E-state index contributed by atoms with van der Waals surface area (Å²) < 4.78 is 28.0. The highest BCUT2D eigenvalue weighted by atomic mass is 35.5. The molecule has 2 rings (SSSR count). The molecule has 0 aromatic carbocycles. The molecule has 0 aliphatic carbocycles. The molecule has 2 heterocycles. The number of hydrogen-bond donors (Lipinski definition) is 2. The minimum absolute atomic E-state index is 0. The lowest BCUT2D eigenvalue weighted by atomic mass is 10.1. The summed E-state index contributed by atoms with van der Waals surface area (Å²) in [6, 6.07) is 1.63. The minimum atomic E-state index is -3.13. The molecule has 1 amide bonds. The Morgan fingerprint density at radius 3 is 2.58 bits per heavy atom. The number of alkyl halides is 2. The van der Waals surface area contributed by atoms with E-state index in [1.54, 1.807) is 17.7 Å². The summed E-state index contributed by atoms with van der Waals surface area (Å²) in [5.41, 5.74) is 6.41. The first-order valence-electron chi connectivity index (χ1n) is 6.96. The molecule has 136 valence electrons. The van der Waals surface area contributed by atoms with Gasteiger partial charge < -0.3 is 11.1 Å². The van der Waals surface area contributed by atoms with E-state index in [-0.39, 0.29) is 36.4 Å². The van der Waals surface area contributed by atoms with Crippen LogP contribution in [0.1, 0.15) is 35.9 Å². The van der Waals surface area contributed by atoms with Crippen molar-refractivity contribution in [3.63, 3.8) is 0 Å². The van der Waals surface area contributed by atoms with E-state index in [0.717, 1.165) is 0 Å². The number of amides is 1. The van der Waals surface area contributed by atoms with Crippen molar-refractivity contribution in [1.82, 2.24) is 20.1 Å². The number of carbonyl (C=O) groups excluding carboxylic acids is 1. The van der Waals surface area contributed by atoms with Crippen molar-refractivity contribution < 1.29 is 13.6 Å². The third-order valence-electron chi connectivity index (χ3n) is 3.23. The Kier molecular flexibility index (Phi) is 8.01. The zero-order valence-corrected chi connectivity index (χ0v) is 15.2. The first kappa shape index (κ1) is 22.5. The van der Waals surface area contributed by atoms with Crippen LogP contribution in [0.4, 0.5) is 8.78 Å². The van der Waals surface area contributed by atoms with Crippen LogP contribution in [0.3, 0.4) is 0 Å². The monoisotopic (exact) mass is 383 g/mol. The van der Waals surface area contributed by atoms with Crippen molar-refractivity contribution in [2.75, 3.05) is 13.1 Å². The molecule has 6 nitrogen and oxygen atoms in total. The Labute approximate surface area is 151 Å². The highest BCUT2D eigenvalue weighted by Crippen LogP contribution is 2.21. The molecule has 3 N–H and O–H groups in total. The van der Waals surface area contributed by atoms with Crippen molar-refractivity contribution >= 4 is 41.8 Å². The van der Waals surface area contributed by atoms with Crippen molar-refractivity contribution in [1.29, 1.82) is 0 Å². The minimum Gasteiger partial charge on any atom is -0.346 e. The lowest BCUT2D eigenvalue weighted by Gasteiger charge is -2.15. The Morgan fingerprint density at radius 2 is 2.04 bits per heavy atom.